The van der Waals surface area contributed by atoms with Crippen LogP contribution in [0.1, 0.15) is 29.1 Å². The maximum atomic E-state index is 11.8. The van der Waals surface area contributed by atoms with Crippen LogP contribution in [-0.4, -0.2) is 19.2 Å². The minimum absolute atomic E-state index is 0.0223. The number of methoxy groups -OCH3 is 1. The molecule has 0 N–H and O–H groups in total. The van der Waals surface area contributed by atoms with Gasteiger partial charge in [-0.3, -0.25) is 0 Å². The van der Waals surface area contributed by atoms with Crippen LogP contribution in [0.2, 0.25) is 0 Å². The molecule has 4 nitrogen and oxygen atoms in total. The molecule has 25 heavy (non-hydrogen) atoms. The molecule has 1 heterocycles. The summed E-state index contributed by atoms with van der Waals surface area (Å²) < 4.78 is 17.6. The van der Waals surface area contributed by atoms with Crippen LogP contribution in [0.15, 0.2) is 48.5 Å². The van der Waals surface area contributed by atoms with Gasteiger partial charge in [0.1, 0.15) is 23.0 Å². The van der Waals surface area contributed by atoms with Crippen LogP contribution in [0, 0.1) is 0 Å². The fourth-order valence-electron chi connectivity index (χ4n) is 2.46. The number of hydrogen-bond acceptors (Lipinski definition) is 5. The number of benzene rings is 2. The first kappa shape index (κ1) is 17.3. The Bertz CT molecular complexity index is 868. The van der Waals surface area contributed by atoms with Gasteiger partial charge >= 0.3 is 5.97 Å². The van der Waals surface area contributed by atoms with Gasteiger partial charge in [-0.15, -0.1) is 11.3 Å². The summed E-state index contributed by atoms with van der Waals surface area (Å²) in [6, 6.07) is 15.6. The van der Waals surface area contributed by atoms with Gasteiger partial charge in [-0.05, 0) is 31.5 Å². The molecule has 0 amide bonds. The second-order valence-electron chi connectivity index (χ2n) is 5.88. The van der Waals surface area contributed by atoms with Crippen molar-refractivity contribution in [1.29, 1.82) is 0 Å². The van der Waals surface area contributed by atoms with Gasteiger partial charge in [-0.1, -0.05) is 30.3 Å². The Balaban J connectivity index is 1.94. The second-order valence-corrected chi connectivity index (χ2v) is 6.96. The lowest BCUT2D eigenvalue weighted by atomic mass is 10.2. The zero-order valence-corrected chi connectivity index (χ0v) is 15.3. The third-order valence-corrected chi connectivity index (χ3v) is 4.63. The molecule has 5 heteroatoms. The Morgan fingerprint density at radius 2 is 1.88 bits per heavy atom. The SMILES string of the molecule is COC(=O)c1cc2c(OC(C)C)cc(OCc3ccccc3)cc2s1. The first-order valence-electron chi connectivity index (χ1n) is 8.06. The molecule has 0 bridgehead atoms. The van der Waals surface area contributed by atoms with E-state index in [1.165, 1.54) is 18.4 Å². The smallest absolute Gasteiger partial charge is 0.348 e. The highest BCUT2D eigenvalue weighted by Crippen LogP contribution is 2.37. The Kier molecular flexibility index (Phi) is 5.24. The number of thiophene rings is 1. The molecule has 1 aromatic heterocycles. The summed E-state index contributed by atoms with van der Waals surface area (Å²) in [6.45, 7) is 4.41. The molecule has 2 aromatic carbocycles. The molecule has 130 valence electrons. The molecule has 0 aliphatic carbocycles. The Labute approximate surface area is 151 Å². The van der Waals surface area contributed by atoms with Crippen molar-refractivity contribution in [2.24, 2.45) is 0 Å². The normalized spacial score (nSPS) is 10.9. The van der Waals surface area contributed by atoms with Crippen LogP contribution in [-0.2, 0) is 11.3 Å². The zero-order valence-electron chi connectivity index (χ0n) is 14.4. The monoisotopic (exact) mass is 356 g/mol. The molecular formula is C20H20O4S. The second kappa shape index (κ2) is 7.57. The van der Waals surface area contributed by atoms with E-state index in [1.54, 1.807) is 0 Å². The highest BCUT2D eigenvalue weighted by atomic mass is 32.1. The van der Waals surface area contributed by atoms with Crippen molar-refractivity contribution >= 4 is 27.4 Å². The minimum Gasteiger partial charge on any atom is -0.490 e. The molecule has 0 saturated heterocycles. The molecule has 0 saturated carbocycles. The van der Waals surface area contributed by atoms with Crippen LogP contribution in [0.5, 0.6) is 11.5 Å². The molecular weight excluding hydrogens is 336 g/mol. The molecule has 0 spiro atoms. The van der Waals surface area contributed by atoms with Crippen LogP contribution in [0.3, 0.4) is 0 Å². The van der Waals surface area contributed by atoms with E-state index in [0.29, 0.717) is 23.0 Å². The van der Waals surface area contributed by atoms with Crippen molar-refractivity contribution in [1.82, 2.24) is 0 Å². The largest absolute Gasteiger partial charge is 0.490 e. The standard InChI is InChI=1S/C20H20O4S/c1-13(2)24-17-9-15(23-12-14-7-5-4-6-8-14)10-18-16(17)11-19(25-18)20(21)22-3/h4-11,13H,12H2,1-3H3. The fraction of sp³-hybridized carbons (Fsp3) is 0.250. The van der Waals surface area contributed by atoms with E-state index in [-0.39, 0.29) is 12.1 Å². The Morgan fingerprint density at radius 3 is 2.56 bits per heavy atom. The topological polar surface area (TPSA) is 44.8 Å². The third-order valence-electron chi connectivity index (χ3n) is 3.57. The Morgan fingerprint density at radius 1 is 1.12 bits per heavy atom. The minimum atomic E-state index is -0.344. The van der Waals surface area contributed by atoms with Gasteiger partial charge in [0.15, 0.2) is 0 Å². The molecule has 0 aliphatic rings. The van der Waals surface area contributed by atoms with Crippen molar-refractivity contribution in [3.05, 3.63) is 59.0 Å². The van der Waals surface area contributed by atoms with E-state index < -0.39 is 0 Å². The molecule has 3 rings (SSSR count). The maximum absolute atomic E-state index is 11.8. The summed E-state index contributed by atoms with van der Waals surface area (Å²) >= 11 is 1.37. The van der Waals surface area contributed by atoms with E-state index >= 15 is 0 Å². The number of carbonyl (C=O) groups is 1. The lowest BCUT2D eigenvalue weighted by Gasteiger charge is -2.13. The Hall–Kier alpha value is -2.53. The first-order valence-corrected chi connectivity index (χ1v) is 8.87. The number of ether oxygens (including phenoxy) is 3. The number of rotatable bonds is 6. The number of carbonyl (C=O) groups excluding carboxylic acids is 1. The van der Waals surface area contributed by atoms with Crippen molar-refractivity contribution in [3.63, 3.8) is 0 Å². The lowest BCUT2D eigenvalue weighted by Crippen LogP contribution is -2.06. The van der Waals surface area contributed by atoms with Gasteiger partial charge in [0.2, 0.25) is 0 Å². The van der Waals surface area contributed by atoms with Crippen LogP contribution in [0.4, 0.5) is 0 Å². The summed E-state index contributed by atoms with van der Waals surface area (Å²) in [5, 5.41) is 0.895. The molecule has 0 aliphatic heterocycles. The third kappa shape index (κ3) is 4.12. The average Bonchev–Trinajstić information content (AvgIpc) is 3.04. The van der Waals surface area contributed by atoms with Crippen molar-refractivity contribution in [2.75, 3.05) is 7.11 Å². The van der Waals surface area contributed by atoms with Gasteiger partial charge in [-0.2, -0.15) is 0 Å². The average molecular weight is 356 g/mol. The zero-order chi connectivity index (χ0) is 17.8. The fourth-order valence-corrected chi connectivity index (χ4v) is 3.48. The summed E-state index contributed by atoms with van der Waals surface area (Å²) in [6.07, 6.45) is 0.0223. The van der Waals surface area contributed by atoms with Gasteiger partial charge in [0.05, 0.1) is 13.2 Å². The predicted molar refractivity (Wildman–Crippen MR) is 99.7 cm³/mol. The van der Waals surface area contributed by atoms with Crippen LogP contribution < -0.4 is 9.47 Å². The first-order chi connectivity index (χ1) is 12.1. The van der Waals surface area contributed by atoms with Crippen LogP contribution in [0.25, 0.3) is 10.1 Å². The van der Waals surface area contributed by atoms with Gasteiger partial charge in [-0.25, -0.2) is 4.79 Å². The van der Waals surface area contributed by atoms with E-state index in [9.17, 15) is 4.79 Å². The predicted octanol–water partition coefficient (Wildman–Crippen LogP) is 5.05. The number of esters is 1. The summed E-state index contributed by atoms with van der Waals surface area (Å²) in [5.41, 5.74) is 1.09. The van der Waals surface area contributed by atoms with E-state index in [1.807, 2.05) is 62.4 Å². The number of hydrogen-bond donors (Lipinski definition) is 0. The van der Waals surface area contributed by atoms with Crippen molar-refractivity contribution in [3.8, 4) is 11.5 Å². The maximum Gasteiger partial charge on any atom is 0.348 e. The highest BCUT2D eigenvalue weighted by Gasteiger charge is 2.16. The van der Waals surface area contributed by atoms with E-state index in [4.69, 9.17) is 14.2 Å². The summed E-state index contributed by atoms with van der Waals surface area (Å²) in [5.74, 6) is 1.08. The van der Waals surface area contributed by atoms with Gasteiger partial charge in [0, 0.05) is 16.2 Å². The highest BCUT2D eigenvalue weighted by molar-refractivity contribution is 7.20. The molecule has 3 aromatic rings. The van der Waals surface area contributed by atoms with Crippen LogP contribution >= 0.6 is 11.3 Å². The molecule has 0 unspecified atom stereocenters. The molecule has 0 radical (unpaired) electrons. The molecule has 0 fully saturated rings. The summed E-state index contributed by atoms with van der Waals surface area (Å²) in [4.78, 5) is 12.4. The summed E-state index contributed by atoms with van der Waals surface area (Å²) in [7, 11) is 1.38. The quantitative estimate of drug-likeness (QED) is 0.580. The van der Waals surface area contributed by atoms with Gasteiger partial charge in [0.25, 0.3) is 0 Å². The lowest BCUT2D eigenvalue weighted by molar-refractivity contribution is 0.0606. The van der Waals surface area contributed by atoms with Crippen molar-refractivity contribution in [2.45, 2.75) is 26.6 Å². The van der Waals surface area contributed by atoms with E-state index in [2.05, 4.69) is 0 Å². The van der Waals surface area contributed by atoms with E-state index in [0.717, 1.165) is 15.6 Å². The van der Waals surface area contributed by atoms with Gasteiger partial charge < -0.3 is 14.2 Å². The number of fused-ring (bicyclic) bond motifs is 1. The van der Waals surface area contributed by atoms with Crippen molar-refractivity contribution < 1.29 is 19.0 Å². The molecule has 0 atom stereocenters.